The fraction of sp³-hybridized carbons (Fsp3) is 0.312. The van der Waals surface area contributed by atoms with Crippen molar-refractivity contribution in [3.8, 4) is 33.4 Å². The number of hydrogen-bond acceptors (Lipinski definition) is 6. The zero-order valence-corrected chi connectivity index (χ0v) is 25.3. The predicted molar refractivity (Wildman–Crippen MR) is 166 cm³/mol. The normalized spacial score (nSPS) is 13.2. The van der Waals surface area contributed by atoms with E-state index < -0.39 is 0 Å². The van der Waals surface area contributed by atoms with Gasteiger partial charge in [0, 0.05) is 35.3 Å². The first-order chi connectivity index (χ1) is 19.8. The van der Waals surface area contributed by atoms with Crippen LogP contribution in [0.5, 0.6) is 5.88 Å². The Morgan fingerprint density at radius 2 is 1.85 bits per heavy atom. The molecule has 212 valence electrons. The highest BCUT2D eigenvalue weighted by molar-refractivity contribution is 7.13. The van der Waals surface area contributed by atoms with Gasteiger partial charge in [0.1, 0.15) is 10.7 Å². The highest BCUT2D eigenvalue weighted by atomic mass is 35.5. The molecule has 0 saturated carbocycles. The molecule has 3 aromatic heterocycles. The second-order valence-electron chi connectivity index (χ2n) is 10.4. The molecule has 4 heterocycles. The maximum atomic E-state index is 14.5. The lowest BCUT2D eigenvalue weighted by Gasteiger charge is -2.28. The molecule has 1 fully saturated rings. The van der Waals surface area contributed by atoms with Gasteiger partial charge in [0.25, 0.3) is 11.5 Å². The summed E-state index contributed by atoms with van der Waals surface area (Å²) < 4.78 is 7.46. The summed E-state index contributed by atoms with van der Waals surface area (Å²) in [6.07, 6.45) is 6.63. The predicted octanol–water partition coefficient (Wildman–Crippen LogP) is 7.43. The number of aryl methyl sites for hydroxylation is 1. The number of carbonyl (C=O) groups excluding carboxylic acids is 1. The summed E-state index contributed by atoms with van der Waals surface area (Å²) in [5, 5.41) is 3.08. The Morgan fingerprint density at radius 3 is 2.54 bits per heavy atom. The van der Waals surface area contributed by atoms with Crippen LogP contribution in [0.2, 0.25) is 5.02 Å². The third-order valence-corrected chi connectivity index (χ3v) is 8.03. The van der Waals surface area contributed by atoms with Crippen molar-refractivity contribution in [3.63, 3.8) is 0 Å². The molecule has 0 atom stereocenters. The van der Waals surface area contributed by atoms with Crippen molar-refractivity contribution in [3.05, 3.63) is 85.7 Å². The van der Waals surface area contributed by atoms with Gasteiger partial charge in [-0.25, -0.2) is 9.97 Å². The number of hydrogen-bond donors (Lipinski definition) is 0. The Bertz CT molecular complexity index is 1660. The second kappa shape index (κ2) is 12.4. The third kappa shape index (κ3) is 6.14. The van der Waals surface area contributed by atoms with Crippen LogP contribution < -0.4 is 10.3 Å². The first-order valence-electron chi connectivity index (χ1n) is 13.8. The molecule has 0 bridgehead atoms. The van der Waals surface area contributed by atoms with E-state index >= 15 is 0 Å². The van der Waals surface area contributed by atoms with E-state index in [0.29, 0.717) is 58.1 Å². The summed E-state index contributed by atoms with van der Waals surface area (Å²) in [6, 6.07) is 11.0. The fourth-order valence-electron chi connectivity index (χ4n) is 4.98. The molecule has 41 heavy (non-hydrogen) atoms. The number of likely N-dealkylation sites (tertiary alicyclic amines) is 1. The van der Waals surface area contributed by atoms with Crippen LogP contribution in [-0.4, -0.2) is 45.0 Å². The third-order valence-electron chi connectivity index (χ3n) is 6.90. The maximum absolute atomic E-state index is 14.5. The Kier molecular flexibility index (Phi) is 8.71. The number of benzene rings is 1. The molecule has 1 saturated heterocycles. The highest BCUT2D eigenvalue weighted by Crippen LogP contribution is 2.32. The molecular weight excluding hydrogens is 556 g/mol. The van der Waals surface area contributed by atoms with Crippen LogP contribution in [-0.2, 0) is 0 Å². The summed E-state index contributed by atoms with van der Waals surface area (Å²) in [5.41, 5.74) is 4.97. The molecule has 0 spiro atoms. The molecule has 0 N–H and O–H groups in total. The van der Waals surface area contributed by atoms with E-state index in [9.17, 15) is 9.59 Å². The van der Waals surface area contributed by atoms with Gasteiger partial charge in [-0.2, -0.15) is 0 Å². The van der Waals surface area contributed by atoms with Crippen LogP contribution in [0.25, 0.3) is 33.6 Å². The topological polar surface area (TPSA) is 77.3 Å². The molecule has 1 amide bonds. The number of nitrogens with zero attached hydrogens (tertiary/aromatic N) is 4. The van der Waals surface area contributed by atoms with Crippen molar-refractivity contribution in [2.45, 2.75) is 47.0 Å². The number of aromatic nitrogens is 3. The van der Waals surface area contributed by atoms with Gasteiger partial charge in [0.05, 0.1) is 29.1 Å². The monoisotopic (exact) mass is 588 g/mol. The van der Waals surface area contributed by atoms with Crippen LogP contribution in [0.1, 0.15) is 61.6 Å². The molecule has 1 aliphatic rings. The number of ether oxygens (including phenoxy) is 1. The smallest absolute Gasteiger partial charge is 0.266 e. The molecule has 9 heteroatoms. The van der Waals surface area contributed by atoms with Crippen molar-refractivity contribution < 1.29 is 9.53 Å². The van der Waals surface area contributed by atoms with Gasteiger partial charge in [-0.1, -0.05) is 29.3 Å². The van der Waals surface area contributed by atoms with E-state index in [-0.39, 0.29) is 11.5 Å². The molecule has 4 aromatic rings. The Hall–Kier alpha value is -3.75. The van der Waals surface area contributed by atoms with E-state index in [0.717, 1.165) is 41.7 Å². The molecule has 7 nitrogen and oxygen atoms in total. The zero-order chi connectivity index (χ0) is 29.1. The van der Waals surface area contributed by atoms with Crippen molar-refractivity contribution >= 4 is 34.9 Å². The minimum absolute atomic E-state index is 0.0970. The number of pyridine rings is 2. The Morgan fingerprint density at radius 1 is 1.12 bits per heavy atom. The van der Waals surface area contributed by atoms with Gasteiger partial charge in [0.2, 0.25) is 5.88 Å². The van der Waals surface area contributed by atoms with Gasteiger partial charge >= 0.3 is 0 Å². The second-order valence-corrected chi connectivity index (χ2v) is 11.7. The van der Waals surface area contributed by atoms with E-state index in [1.807, 2.05) is 74.4 Å². The fourth-order valence-corrected chi connectivity index (χ4v) is 5.94. The lowest BCUT2D eigenvalue weighted by Crippen LogP contribution is -2.37. The van der Waals surface area contributed by atoms with E-state index in [4.69, 9.17) is 21.3 Å². The molecule has 5 rings (SSSR count). The first kappa shape index (κ1) is 28.8. The SMILES string of the molecule is CCOc1ncc(C)cc1-n1c(C=C(C)C)c(C(=O)N2CCCCC2)cc(-c2nc(-c3ccc(Cl)cc3)cs2)c1=O. The quantitative estimate of drug-likeness (QED) is 0.224. The van der Waals surface area contributed by atoms with Crippen LogP contribution in [0.15, 0.2) is 58.3 Å². The standard InChI is InChI=1S/C32H33ClN4O3S/c1-5-40-29-28(16-21(4)18-34-29)37-27(15-20(2)3)24(31(38)36-13-7-6-8-14-36)17-25(32(37)39)30-35-26(19-41-30)22-9-11-23(33)12-10-22/h9-12,15-19H,5-8,13-14H2,1-4H3. The zero-order valence-electron chi connectivity index (χ0n) is 23.7. The first-order valence-corrected chi connectivity index (χ1v) is 15.1. The van der Waals surface area contributed by atoms with Gasteiger partial charge in [-0.3, -0.25) is 14.2 Å². The van der Waals surface area contributed by atoms with Crippen molar-refractivity contribution in [1.29, 1.82) is 0 Å². The Balaban J connectivity index is 1.80. The minimum atomic E-state index is -0.293. The number of carbonyl (C=O) groups is 1. The van der Waals surface area contributed by atoms with Gasteiger partial charge in [-0.05, 0) is 82.9 Å². The highest BCUT2D eigenvalue weighted by Gasteiger charge is 2.27. The van der Waals surface area contributed by atoms with Crippen molar-refractivity contribution in [1.82, 2.24) is 19.4 Å². The summed E-state index contributed by atoms with van der Waals surface area (Å²) in [5.74, 6) is 0.235. The molecular formula is C32H33ClN4O3S. The van der Waals surface area contributed by atoms with Gasteiger partial charge in [0.15, 0.2) is 0 Å². The molecule has 1 aliphatic heterocycles. The van der Waals surface area contributed by atoms with Crippen LogP contribution in [0, 0.1) is 6.92 Å². The van der Waals surface area contributed by atoms with Gasteiger partial charge < -0.3 is 9.64 Å². The van der Waals surface area contributed by atoms with E-state index in [2.05, 4.69) is 4.98 Å². The summed E-state index contributed by atoms with van der Waals surface area (Å²) in [6.45, 7) is 9.46. The van der Waals surface area contributed by atoms with Gasteiger partial charge in [-0.15, -0.1) is 11.3 Å². The summed E-state index contributed by atoms with van der Waals surface area (Å²) in [4.78, 5) is 39.8. The lowest BCUT2D eigenvalue weighted by molar-refractivity contribution is 0.0723. The Labute approximate surface area is 249 Å². The summed E-state index contributed by atoms with van der Waals surface area (Å²) >= 11 is 7.46. The number of thiazole rings is 1. The van der Waals surface area contributed by atoms with E-state index in [1.165, 1.54) is 11.3 Å². The molecule has 0 aliphatic carbocycles. The molecule has 0 radical (unpaired) electrons. The number of rotatable bonds is 7. The molecule has 0 unspecified atom stereocenters. The maximum Gasteiger partial charge on any atom is 0.266 e. The van der Waals surface area contributed by atoms with Crippen molar-refractivity contribution in [2.75, 3.05) is 19.7 Å². The number of halogens is 1. The number of allylic oxidation sites excluding steroid dienone is 1. The van der Waals surface area contributed by atoms with Crippen LogP contribution >= 0.6 is 22.9 Å². The largest absolute Gasteiger partial charge is 0.476 e. The minimum Gasteiger partial charge on any atom is -0.476 e. The number of amides is 1. The molecule has 1 aromatic carbocycles. The van der Waals surface area contributed by atoms with Crippen LogP contribution in [0.4, 0.5) is 0 Å². The van der Waals surface area contributed by atoms with E-state index in [1.54, 1.807) is 16.8 Å². The average Bonchev–Trinajstić information content (AvgIpc) is 3.45. The number of piperidine rings is 1. The lowest BCUT2D eigenvalue weighted by atomic mass is 10.0. The van der Waals surface area contributed by atoms with Crippen molar-refractivity contribution in [2.24, 2.45) is 0 Å². The summed E-state index contributed by atoms with van der Waals surface area (Å²) in [7, 11) is 0. The van der Waals surface area contributed by atoms with Crippen LogP contribution in [0.3, 0.4) is 0 Å². The average molecular weight is 589 g/mol.